The molecular weight excluding hydrogens is 548 g/mol. The largest absolute Gasteiger partial charge is 0.489 e. The van der Waals surface area contributed by atoms with Crippen molar-refractivity contribution in [3.05, 3.63) is 67.9 Å². The summed E-state index contributed by atoms with van der Waals surface area (Å²) in [6.07, 6.45) is -3.41. The van der Waals surface area contributed by atoms with Gasteiger partial charge >= 0.3 is 12.1 Å². The van der Waals surface area contributed by atoms with Crippen LogP contribution in [0.25, 0.3) is 0 Å². The van der Waals surface area contributed by atoms with Gasteiger partial charge in [-0.3, -0.25) is 9.59 Å². The van der Waals surface area contributed by atoms with E-state index in [2.05, 4.69) is 5.32 Å². The van der Waals surface area contributed by atoms with Crippen LogP contribution in [0.4, 0.5) is 17.6 Å². The van der Waals surface area contributed by atoms with Crippen molar-refractivity contribution in [1.29, 1.82) is 0 Å². The second-order valence-electron chi connectivity index (χ2n) is 6.55. The molecule has 34 heavy (non-hydrogen) atoms. The Morgan fingerprint density at radius 3 is 2.26 bits per heavy atom. The fraction of sp³-hybridized carbons (Fsp3) is 0.238. The van der Waals surface area contributed by atoms with E-state index in [1.807, 2.05) is 0 Å². The number of amides is 1. The molecule has 0 fully saturated rings. The first kappa shape index (κ1) is 28.0. The summed E-state index contributed by atoms with van der Waals surface area (Å²) < 4.78 is 62.1. The number of rotatable bonds is 9. The van der Waals surface area contributed by atoms with Gasteiger partial charge in [0.05, 0.1) is 21.2 Å². The predicted octanol–water partition coefficient (Wildman–Crippen LogP) is 6.96. The average molecular weight is 563 g/mol. The normalized spacial score (nSPS) is 11.1. The second-order valence-corrected chi connectivity index (χ2v) is 8.37. The lowest BCUT2D eigenvalue weighted by Gasteiger charge is -2.11. The first-order chi connectivity index (χ1) is 15.9. The number of carbonyl (C=O) groups is 2. The van der Waals surface area contributed by atoms with E-state index in [1.165, 1.54) is 18.2 Å². The van der Waals surface area contributed by atoms with Crippen molar-refractivity contribution in [2.45, 2.75) is 19.0 Å². The van der Waals surface area contributed by atoms with Crippen molar-refractivity contribution in [3.8, 4) is 11.5 Å². The maximum absolute atomic E-state index is 13.8. The zero-order valence-corrected chi connectivity index (χ0v) is 20.0. The molecule has 0 aliphatic rings. The minimum atomic E-state index is -4.73. The molecule has 0 saturated carbocycles. The highest BCUT2D eigenvalue weighted by Crippen LogP contribution is 2.37. The number of nitrogens with one attached hydrogen (secondary N) is 1. The first-order valence-electron chi connectivity index (χ1n) is 9.37. The van der Waals surface area contributed by atoms with Crippen molar-refractivity contribution in [3.63, 3.8) is 0 Å². The fourth-order valence-corrected chi connectivity index (χ4v) is 3.16. The molecule has 2 aromatic carbocycles. The Kier molecular flexibility index (Phi) is 10.3. The van der Waals surface area contributed by atoms with Gasteiger partial charge in [0.25, 0.3) is 5.91 Å². The van der Waals surface area contributed by atoms with Gasteiger partial charge in [0, 0.05) is 25.1 Å². The zero-order valence-electron chi connectivity index (χ0n) is 16.9. The van der Waals surface area contributed by atoms with Gasteiger partial charge in [-0.05, 0) is 30.7 Å². The van der Waals surface area contributed by atoms with Gasteiger partial charge in [-0.2, -0.15) is 13.2 Å². The number of alkyl halides is 3. The fourth-order valence-electron chi connectivity index (χ4n) is 2.49. The van der Waals surface area contributed by atoms with Gasteiger partial charge in [0.15, 0.2) is 5.75 Å². The quantitative estimate of drug-likeness (QED) is 0.155. The minimum absolute atomic E-state index is 0.00267. The minimum Gasteiger partial charge on any atom is -0.489 e. The van der Waals surface area contributed by atoms with Crippen LogP contribution in [0.15, 0.2) is 40.9 Å². The van der Waals surface area contributed by atoms with Crippen LogP contribution in [0.3, 0.4) is 0 Å². The molecular formula is C21H15Cl4F4NO4. The third-order valence-corrected chi connectivity index (χ3v) is 4.93. The Labute approximate surface area is 211 Å². The number of esters is 1. The highest BCUT2D eigenvalue weighted by atomic mass is 35.5. The molecule has 0 aliphatic heterocycles. The second kappa shape index (κ2) is 12.5. The van der Waals surface area contributed by atoms with Crippen LogP contribution in [0.1, 0.15) is 28.8 Å². The van der Waals surface area contributed by atoms with Crippen LogP contribution < -0.4 is 14.8 Å². The van der Waals surface area contributed by atoms with E-state index in [0.29, 0.717) is 6.07 Å². The van der Waals surface area contributed by atoms with Crippen LogP contribution in [0, 0.1) is 5.82 Å². The summed E-state index contributed by atoms with van der Waals surface area (Å²) >= 11 is 23.1. The SMILES string of the molecule is O=C(CCCNC(=O)c1ccc(C(F)(F)F)cc1F)Oc1c(Cl)cc(OCC=C(Cl)Cl)cc1Cl. The van der Waals surface area contributed by atoms with Crippen molar-refractivity contribution in [1.82, 2.24) is 5.32 Å². The number of hydrogen-bond acceptors (Lipinski definition) is 4. The number of halogens is 8. The number of carbonyl (C=O) groups excluding carboxylic acids is 2. The third kappa shape index (κ3) is 8.54. The molecule has 2 aromatic rings. The highest BCUT2D eigenvalue weighted by molar-refractivity contribution is 6.55. The van der Waals surface area contributed by atoms with Gasteiger partial charge in [-0.25, -0.2) is 4.39 Å². The molecule has 0 spiro atoms. The lowest BCUT2D eigenvalue weighted by molar-refractivity contribution is -0.138. The lowest BCUT2D eigenvalue weighted by atomic mass is 10.1. The molecule has 0 bridgehead atoms. The molecule has 0 aromatic heterocycles. The third-order valence-electron chi connectivity index (χ3n) is 4.06. The molecule has 1 N–H and O–H groups in total. The van der Waals surface area contributed by atoms with E-state index in [1.54, 1.807) is 0 Å². The number of hydrogen-bond donors (Lipinski definition) is 1. The van der Waals surface area contributed by atoms with E-state index in [0.717, 1.165) is 6.07 Å². The van der Waals surface area contributed by atoms with E-state index >= 15 is 0 Å². The van der Waals surface area contributed by atoms with E-state index in [-0.39, 0.29) is 58.1 Å². The highest BCUT2D eigenvalue weighted by Gasteiger charge is 2.31. The monoisotopic (exact) mass is 561 g/mol. The van der Waals surface area contributed by atoms with Crippen molar-refractivity contribution >= 4 is 58.3 Å². The van der Waals surface area contributed by atoms with E-state index < -0.39 is 35.0 Å². The Hall–Kier alpha value is -2.20. The Balaban J connectivity index is 1.85. The first-order valence-corrected chi connectivity index (χ1v) is 10.9. The average Bonchev–Trinajstić information content (AvgIpc) is 2.72. The molecule has 0 saturated heterocycles. The topological polar surface area (TPSA) is 64.6 Å². The Morgan fingerprint density at radius 2 is 1.71 bits per heavy atom. The number of ether oxygens (including phenoxy) is 2. The lowest BCUT2D eigenvalue weighted by Crippen LogP contribution is -2.26. The maximum Gasteiger partial charge on any atom is 0.416 e. The summed E-state index contributed by atoms with van der Waals surface area (Å²) in [5.41, 5.74) is -1.77. The summed E-state index contributed by atoms with van der Waals surface area (Å²) in [6.45, 7) is -0.0183. The Morgan fingerprint density at radius 1 is 1.06 bits per heavy atom. The summed E-state index contributed by atoms with van der Waals surface area (Å²) in [5, 5.41) is 2.32. The van der Waals surface area contributed by atoms with Gasteiger partial charge in [0.2, 0.25) is 0 Å². The molecule has 0 radical (unpaired) electrons. The van der Waals surface area contributed by atoms with Crippen LogP contribution in [0.5, 0.6) is 11.5 Å². The van der Waals surface area contributed by atoms with E-state index in [9.17, 15) is 27.2 Å². The van der Waals surface area contributed by atoms with Gasteiger partial charge in [-0.15, -0.1) is 0 Å². The van der Waals surface area contributed by atoms with Crippen molar-refractivity contribution < 1.29 is 36.6 Å². The Bertz CT molecular complexity index is 1070. The summed E-state index contributed by atoms with van der Waals surface area (Å²) in [5.74, 6) is -2.78. The molecule has 13 heteroatoms. The van der Waals surface area contributed by atoms with Crippen molar-refractivity contribution in [2.24, 2.45) is 0 Å². The van der Waals surface area contributed by atoms with Crippen molar-refractivity contribution in [2.75, 3.05) is 13.2 Å². The van der Waals surface area contributed by atoms with Gasteiger partial charge < -0.3 is 14.8 Å². The summed E-state index contributed by atoms with van der Waals surface area (Å²) in [7, 11) is 0. The van der Waals surface area contributed by atoms with Gasteiger partial charge in [-0.1, -0.05) is 46.4 Å². The molecule has 0 aliphatic carbocycles. The predicted molar refractivity (Wildman–Crippen MR) is 120 cm³/mol. The van der Waals surface area contributed by atoms with Crippen LogP contribution >= 0.6 is 46.4 Å². The summed E-state index contributed by atoms with van der Waals surface area (Å²) in [6, 6.07) is 4.30. The molecule has 0 heterocycles. The van der Waals surface area contributed by atoms with E-state index in [4.69, 9.17) is 55.9 Å². The van der Waals surface area contributed by atoms with Crippen LogP contribution in [-0.2, 0) is 11.0 Å². The van der Waals surface area contributed by atoms with Gasteiger partial charge in [0.1, 0.15) is 22.7 Å². The number of benzene rings is 2. The molecule has 184 valence electrons. The van der Waals surface area contributed by atoms with Crippen LogP contribution in [0.2, 0.25) is 10.0 Å². The van der Waals surface area contributed by atoms with Crippen LogP contribution in [-0.4, -0.2) is 25.0 Å². The maximum atomic E-state index is 13.8. The summed E-state index contributed by atoms with van der Waals surface area (Å²) in [4.78, 5) is 24.0. The molecule has 5 nitrogen and oxygen atoms in total. The zero-order chi connectivity index (χ0) is 25.5. The molecule has 0 atom stereocenters. The molecule has 1 amide bonds. The molecule has 2 rings (SSSR count). The standard InChI is InChI=1S/C21H15Cl4F4NO4/c22-14-9-12(33-7-5-17(24)25)10-15(23)19(14)34-18(31)2-1-6-30-20(32)13-4-3-11(8-16(13)26)21(27,28)29/h3-5,8-10H,1-2,6-7H2,(H,30,32). The smallest absolute Gasteiger partial charge is 0.416 e. The molecule has 0 unspecified atom stereocenters.